The van der Waals surface area contributed by atoms with Gasteiger partial charge in [-0.2, -0.15) is 0 Å². The Morgan fingerprint density at radius 1 is 1.47 bits per heavy atom. The molecule has 0 unspecified atom stereocenters. The van der Waals surface area contributed by atoms with Crippen molar-refractivity contribution in [3.8, 4) is 0 Å². The lowest BCUT2D eigenvalue weighted by molar-refractivity contribution is 0.0188. The first-order chi connectivity index (χ1) is 8.09. The van der Waals surface area contributed by atoms with E-state index in [1.54, 1.807) is 24.3 Å². The molecule has 6 heteroatoms. The molecular formula is C11H13F2NO2S. The number of halogens is 2. The van der Waals surface area contributed by atoms with Gasteiger partial charge >= 0.3 is 0 Å². The second-order valence-corrected chi connectivity index (χ2v) is 3.79. The normalized spacial score (nSPS) is 10.6. The van der Waals surface area contributed by atoms with Gasteiger partial charge in [0.25, 0.3) is 12.3 Å². The number of rotatable bonds is 6. The van der Waals surface area contributed by atoms with Gasteiger partial charge in [0.15, 0.2) is 0 Å². The molecular weight excluding hydrogens is 248 g/mol. The number of ether oxygens (including phenoxy) is 1. The van der Waals surface area contributed by atoms with Crippen LogP contribution in [0.2, 0.25) is 0 Å². The highest BCUT2D eigenvalue weighted by atomic mass is 32.1. The molecule has 1 aromatic carbocycles. The Labute approximate surface area is 104 Å². The number of thiol groups is 1. The summed E-state index contributed by atoms with van der Waals surface area (Å²) in [5.41, 5.74) is 0.478. The minimum Gasteiger partial charge on any atom is -0.374 e. The van der Waals surface area contributed by atoms with Crippen molar-refractivity contribution in [2.24, 2.45) is 0 Å². The Morgan fingerprint density at radius 3 is 2.88 bits per heavy atom. The number of hydrogen-bond acceptors (Lipinski definition) is 3. The zero-order chi connectivity index (χ0) is 12.7. The maximum Gasteiger partial charge on any atom is 0.261 e. The van der Waals surface area contributed by atoms with Gasteiger partial charge in [-0.1, -0.05) is 6.07 Å². The molecule has 0 bridgehead atoms. The van der Waals surface area contributed by atoms with Crippen molar-refractivity contribution >= 4 is 18.5 Å². The number of carbonyl (C=O) groups excluding carboxylic acids is 1. The van der Waals surface area contributed by atoms with E-state index in [1.165, 1.54) is 0 Å². The summed E-state index contributed by atoms with van der Waals surface area (Å²) in [6.07, 6.45) is -2.48. The number of alkyl halides is 2. The highest BCUT2D eigenvalue weighted by Crippen LogP contribution is 2.08. The minimum atomic E-state index is -2.48. The Bertz CT molecular complexity index is 374. The lowest BCUT2D eigenvalue weighted by atomic mass is 10.2. The zero-order valence-corrected chi connectivity index (χ0v) is 9.92. The van der Waals surface area contributed by atoms with Crippen LogP contribution in [-0.2, 0) is 4.74 Å². The standard InChI is InChI=1S/C11H13F2NO2S/c12-10(13)7-16-5-4-14-11(15)8-2-1-3-9(17)6-8/h1-3,6,10,17H,4-5,7H2,(H,14,15). The molecule has 3 nitrogen and oxygen atoms in total. The van der Waals surface area contributed by atoms with Crippen LogP contribution in [0.15, 0.2) is 29.2 Å². The van der Waals surface area contributed by atoms with Crippen LogP contribution in [0.5, 0.6) is 0 Å². The molecule has 0 aromatic heterocycles. The second kappa shape index (κ2) is 7.24. The Kier molecular flexibility index (Phi) is 5.93. The first-order valence-electron chi connectivity index (χ1n) is 5.02. The van der Waals surface area contributed by atoms with E-state index in [1.807, 2.05) is 0 Å². The smallest absolute Gasteiger partial charge is 0.261 e. The molecule has 0 atom stereocenters. The van der Waals surface area contributed by atoms with Crippen LogP contribution in [-0.4, -0.2) is 32.1 Å². The quantitative estimate of drug-likeness (QED) is 0.607. The van der Waals surface area contributed by atoms with Crippen molar-refractivity contribution in [1.29, 1.82) is 0 Å². The van der Waals surface area contributed by atoms with Gasteiger partial charge in [0, 0.05) is 17.0 Å². The predicted octanol–water partition coefficient (Wildman–Crippen LogP) is 1.99. The van der Waals surface area contributed by atoms with Gasteiger partial charge < -0.3 is 10.1 Å². The first kappa shape index (κ1) is 13.9. The molecule has 0 saturated heterocycles. The summed E-state index contributed by atoms with van der Waals surface area (Å²) in [5, 5.41) is 2.56. The molecule has 1 N–H and O–H groups in total. The van der Waals surface area contributed by atoms with Gasteiger partial charge in [-0.25, -0.2) is 8.78 Å². The molecule has 0 spiro atoms. The molecule has 0 radical (unpaired) electrons. The monoisotopic (exact) mass is 261 g/mol. The number of nitrogens with one attached hydrogen (secondary N) is 1. The molecule has 0 heterocycles. The highest BCUT2D eigenvalue weighted by molar-refractivity contribution is 7.80. The topological polar surface area (TPSA) is 38.3 Å². The van der Waals surface area contributed by atoms with Crippen molar-refractivity contribution in [2.45, 2.75) is 11.3 Å². The van der Waals surface area contributed by atoms with Crippen LogP contribution in [0.1, 0.15) is 10.4 Å². The van der Waals surface area contributed by atoms with Gasteiger partial charge in [0.1, 0.15) is 6.61 Å². The highest BCUT2D eigenvalue weighted by Gasteiger charge is 2.05. The molecule has 1 rings (SSSR count). The number of amides is 1. The molecule has 17 heavy (non-hydrogen) atoms. The Morgan fingerprint density at radius 2 is 2.24 bits per heavy atom. The summed E-state index contributed by atoms with van der Waals surface area (Å²) in [4.78, 5) is 12.2. The van der Waals surface area contributed by atoms with Gasteiger partial charge in [0.05, 0.1) is 6.61 Å². The fourth-order valence-electron chi connectivity index (χ4n) is 1.16. The second-order valence-electron chi connectivity index (χ2n) is 3.27. The molecule has 0 aliphatic carbocycles. The third-order valence-corrected chi connectivity index (χ3v) is 2.16. The molecule has 0 aliphatic heterocycles. The predicted molar refractivity (Wildman–Crippen MR) is 62.9 cm³/mol. The van der Waals surface area contributed by atoms with E-state index >= 15 is 0 Å². The SMILES string of the molecule is O=C(NCCOCC(F)F)c1cccc(S)c1. The number of hydrogen-bond donors (Lipinski definition) is 2. The van der Waals surface area contributed by atoms with Crippen molar-refractivity contribution in [3.05, 3.63) is 29.8 Å². The largest absolute Gasteiger partial charge is 0.374 e. The first-order valence-corrected chi connectivity index (χ1v) is 5.47. The maximum absolute atomic E-state index is 11.7. The Hall–Kier alpha value is -1.14. The lowest BCUT2D eigenvalue weighted by Crippen LogP contribution is -2.27. The van der Waals surface area contributed by atoms with Crippen molar-refractivity contribution < 1.29 is 18.3 Å². The summed E-state index contributed by atoms with van der Waals surface area (Å²) < 4.78 is 28.0. The molecule has 0 aliphatic rings. The van der Waals surface area contributed by atoms with Crippen LogP contribution >= 0.6 is 12.6 Å². The third-order valence-electron chi connectivity index (χ3n) is 1.88. The summed E-state index contributed by atoms with van der Waals surface area (Å²) in [7, 11) is 0. The van der Waals surface area contributed by atoms with Crippen LogP contribution in [0, 0.1) is 0 Å². The van der Waals surface area contributed by atoms with Gasteiger partial charge in [-0.05, 0) is 18.2 Å². The third kappa shape index (κ3) is 5.65. The van der Waals surface area contributed by atoms with Crippen molar-refractivity contribution in [3.63, 3.8) is 0 Å². The van der Waals surface area contributed by atoms with Crippen LogP contribution in [0.25, 0.3) is 0 Å². The summed E-state index contributed by atoms with van der Waals surface area (Å²) in [6.45, 7) is -0.346. The van der Waals surface area contributed by atoms with Crippen LogP contribution in [0.3, 0.4) is 0 Å². The van der Waals surface area contributed by atoms with Crippen LogP contribution < -0.4 is 5.32 Å². The average molecular weight is 261 g/mol. The summed E-state index contributed by atoms with van der Waals surface area (Å²) in [6, 6.07) is 6.74. The molecule has 94 valence electrons. The van der Waals surface area contributed by atoms with E-state index in [4.69, 9.17) is 0 Å². The number of carbonyl (C=O) groups is 1. The molecule has 0 saturated carbocycles. The fourth-order valence-corrected chi connectivity index (χ4v) is 1.38. The van der Waals surface area contributed by atoms with Crippen molar-refractivity contribution in [1.82, 2.24) is 5.32 Å². The van der Waals surface area contributed by atoms with E-state index in [9.17, 15) is 13.6 Å². The Balaban J connectivity index is 2.26. The summed E-state index contributed by atoms with van der Waals surface area (Å²) in [5.74, 6) is -0.276. The van der Waals surface area contributed by atoms with Gasteiger partial charge in [0.2, 0.25) is 0 Å². The fraction of sp³-hybridized carbons (Fsp3) is 0.364. The minimum absolute atomic E-state index is 0.0661. The van der Waals surface area contributed by atoms with E-state index < -0.39 is 13.0 Å². The molecule has 0 fully saturated rings. The molecule has 1 amide bonds. The van der Waals surface area contributed by atoms with Gasteiger partial charge in [-0.15, -0.1) is 12.6 Å². The average Bonchev–Trinajstić information content (AvgIpc) is 2.28. The molecule has 1 aromatic rings. The van der Waals surface area contributed by atoms with Crippen molar-refractivity contribution in [2.75, 3.05) is 19.8 Å². The van der Waals surface area contributed by atoms with E-state index in [0.717, 1.165) is 0 Å². The number of benzene rings is 1. The van der Waals surface area contributed by atoms with E-state index in [-0.39, 0.29) is 19.1 Å². The van der Waals surface area contributed by atoms with E-state index in [0.29, 0.717) is 10.5 Å². The van der Waals surface area contributed by atoms with E-state index in [2.05, 4.69) is 22.7 Å². The summed E-state index contributed by atoms with van der Waals surface area (Å²) >= 11 is 4.11. The van der Waals surface area contributed by atoms with Crippen LogP contribution in [0.4, 0.5) is 8.78 Å². The zero-order valence-electron chi connectivity index (χ0n) is 9.03. The lowest BCUT2D eigenvalue weighted by Gasteiger charge is -2.06. The maximum atomic E-state index is 11.7. The van der Waals surface area contributed by atoms with Gasteiger partial charge in [-0.3, -0.25) is 4.79 Å².